The van der Waals surface area contributed by atoms with Gasteiger partial charge in [0.25, 0.3) is 6.29 Å². The number of rotatable bonds is 2. The van der Waals surface area contributed by atoms with Crippen molar-refractivity contribution in [3.63, 3.8) is 0 Å². The Balaban J connectivity index is 3.13. The Kier molecular flexibility index (Phi) is 2.53. The summed E-state index contributed by atoms with van der Waals surface area (Å²) < 4.78 is 4.42. The summed E-state index contributed by atoms with van der Waals surface area (Å²) in [7, 11) is 1.24. The smallest absolute Gasteiger partial charge is 0.340 e. The van der Waals surface area contributed by atoms with Gasteiger partial charge in [-0.3, -0.25) is 9.78 Å². The van der Waals surface area contributed by atoms with E-state index >= 15 is 0 Å². The fraction of sp³-hybridized carbons (Fsp3) is 0.125. The summed E-state index contributed by atoms with van der Waals surface area (Å²) in [6, 6.07) is 3.01. The van der Waals surface area contributed by atoms with E-state index in [9.17, 15) is 9.59 Å². The first-order valence-corrected chi connectivity index (χ1v) is 3.21. The van der Waals surface area contributed by atoms with E-state index in [4.69, 9.17) is 0 Å². The molecule has 1 aromatic heterocycles. The van der Waals surface area contributed by atoms with Crippen LogP contribution in [0.4, 0.5) is 0 Å². The molecule has 0 aliphatic rings. The van der Waals surface area contributed by atoms with Crippen molar-refractivity contribution in [3.8, 4) is 0 Å². The van der Waals surface area contributed by atoms with Gasteiger partial charge in [-0.25, -0.2) is 4.79 Å². The lowest BCUT2D eigenvalue weighted by molar-refractivity contribution is 0.0600. The van der Waals surface area contributed by atoms with E-state index in [2.05, 4.69) is 9.72 Å². The highest BCUT2D eigenvalue weighted by atomic mass is 16.5. The number of carbonyl (C=O) groups is 1. The van der Waals surface area contributed by atoms with Crippen molar-refractivity contribution in [2.45, 2.75) is 0 Å². The summed E-state index contributed by atoms with van der Waals surface area (Å²) in [5.74, 6) is -0.582. The minimum atomic E-state index is -0.582. The molecule has 0 amide bonds. The van der Waals surface area contributed by atoms with Gasteiger partial charge in [0.1, 0.15) is 5.69 Å². The minimum Gasteiger partial charge on any atom is -0.465 e. The molecule has 0 atom stereocenters. The van der Waals surface area contributed by atoms with Crippen LogP contribution in [0.2, 0.25) is 0 Å². The molecule has 0 saturated heterocycles. The molecular weight excluding hydrogens is 158 g/mol. The van der Waals surface area contributed by atoms with Gasteiger partial charge in [0.2, 0.25) is 0 Å². The van der Waals surface area contributed by atoms with Crippen LogP contribution >= 0.6 is 0 Å². The summed E-state index contributed by atoms with van der Waals surface area (Å²) in [4.78, 5) is 24.8. The van der Waals surface area contributed by atoms with Gasteiger partial charge in [0.05, 0.1) is 12.7 Å². The highest BCUT2D eigenvalue weighted by Gasteiger charge is 2.11. The molecule has 4 nitrogen and oxygen atoms in total. The molecule has 0 aromatic carbocycles. The third-order valence-corrected chi connectivity index (χ3v) is 1.31. The first kappa shape index (κ1) is 8.39. The average Bonchev–Trinajstić information content (AvgIpc) is 2.16. The van der Waals surface area contributed by atoms with Crippen LogP contribution in [0.3, 0.4) is 0 Å². The van der Waals surface area contributed by atoms with Gasteiger partial charge >= 0.3 is 5.97 Å². The van der Waals surface area contributed by atoms with Crippen LogP contribution in [0.1, 0.15) is 16.1 Å². The molecule has 12 heavy (non-hydrogen) atoms. The number of esters is 1. The van der Waals surface area contributed by atoms with Gasteiger partial charge in [-0.1, -0.05) is 0 Å². The molecular formula is C8H6NO3. The summed E-state index contributed by atoms with van der Waals surface area (Å²) in [5.41, 5.74) is 0.111. The Morgan fingerprint density at radius 3 is 3.00 bits per heavy atom. The first-order chi connectivity index (χ1) is 5.79. The van der Waals surface area contributed by atoms with Crippen LogP contribution in [0, 0.1) is 0 Å². The summed E-state index contributed by atoms with van der Waals surface area (Å²) >= 11 is 0. The van der Waals surface area contributed by atoms with E-state index in [0.29, 0.717) is 0 Å². The van der Waals surface area contributed by atoms with Gasteiger partial charge in [-0.2, -0.15) is 0 Å². The summed E-state index contributed by atoms with van der Waals surface area (Å²) in [6.07, 6.45) is 2.96. The molecule has 0 N–H and O–H groups in total. The molecule has 0 unspecified atom stereocenters. The fourth-order valence-corrected chi connectivity index (χ4v) is 0.761. The molecule has 0 aliphatic carbocycles. The Morgan fingerprint density at radius 1 is 1.67 bits per heavy atom. The molecule has 61 valence electrons. The SMILES string of the molecule is COC(=O)c1cccnc1[C]=O. The standard InChI is InChI=1S/C8H6NO3/c1-12-8(11)6-3-2-4-9-7(6)5-10/h2-4H,1H3. The van der Waals surface area contributed by atoms with Crippen LogP contribution in [0.15, 0.2) is 18.3 Å². The van der Waals surface area contributed by atoms with Crippen LogP contribution < -0.4 is 0 Å². The number of hydrogen-bond donors (Lipinski definition) is 0. The van der Waals surface area contributed by atoms with E-state index < -0.39 is 5.97 Å². The quantitative estimate of drug-likeness (QED) is 0.591. The van der Waals surface area contributed by atoms with Gasteiger partial charge in [0.15, 0.2) is 0 Å². The lowest BCUT2D eigenvalue weighted by Crippen LogP contribution is -2.06. The Morgan fingerprint density at radius 2 is 2.42 bits per heavy atom. The van der Waals surface area contributed by atoms with Crippen LogP contribution in [0.25, 0.3) is 0 Å². The number of nitrogens with zero attached hydrogens (tertiary/aromatic N) is 1. The van der Waals surface area contributed by atoms with Crippen molar-refractivity contribution in [1.29, 1.82) is 0 Å². The number of hydrogen-bond acceptors (Lipinski definition) is 4. The molecule has 0 fully saturated rings. The maximum atomic E-state index is 11.0. The Labute approximate surface area is 69.2 Å². The Hall–Kier alpha value is -1.71. The van der Waals surface area contributed by atoms with Gasteiger partial charge < -0.3 is 4.74 Å². The number of carbonyl (C=O) groups excluding carboxylic acids is 2. The zero-order valence-electron chi connectivity index (χ0n) is 6.40. The molecule has 1 rings (SSSR count). The van der Waals surface area contributed by atoms with E-state index in [0.717, 1.165) is 0 Å². The lowest BCUT2D eigenvalue weighted by atomic mass is 10.2. The van der Waals surface area contributed by atoms with Crippen LogP contribution in [-0.2, 0) is 9.53 Å². The summed E-state index contributed by atoms with van der Waals surface area (Å²) in [5, 5.41) is 0. The van der Waals surface area contributed by atoms with Crippen LogP contribution in [-0.4, -0.2) is 24.3 Å². The maximum absolute atomic E-state index is 11.0. The molecule has 1 aromatic rings. The predicted molar refractivity (Wildman–Crippen MR) is 40.4 cm³/mol. The number of methoxy groups -OCH3 is 1. The van der Waals surface area contributed by atoms with Crippen molar-refractivity contribution in [2.24, 2.45) is 0 Å². The number of aromatic nitrogens is 1. The van der Waals surface area contributed by atoms with Gasteiger partial charge in [-0.05, 0) is 12.1 Å². The molecule has 1 radical (unpaired) electrons. The molecule has 0 saturated carbocycles. The van der Waals surface area contributed by atoms with Crippen molar-refractivity contribution in [3.05, 3.63) is 29.6 Å². The van der Waals surface area contributed by atoms with E-state index in [1.165, 1.54) is 19.4 Å². The monoisotopic (exact) mass is 164 g/mol. The van der Waals surface area contributed by atoms with E-state index in [-0.39, 0.29) is 11.3 Å². The third-order valence-electron chi connectivity index (χ3n) is 1.31. The zero-order chi connectivity index (χ0) is 8.97. The third kappa shape index (κ3) is 1.47. The molecule has 0 bridgehead atoms. The Bertz CT molecular complexity index is 309. The van der Waals surface area contributed by atoms with Gasteiger partial charge in [0, 0.05) is 6.20 Å². The van der Waals surface area contributed by atoms with Crippen molar-refractivity contribution in [2.75, 3.05) is 7.11 Å². The first-order valence-electron chi connectivity index (χ1n) is 3.21. The van der Waals surface area contributed by atoms with Crippen molar-refractivity contribution < 1.29 is 14.3 Å². The normalized spacial score (nSPS) is 9.08. The average molecular weight is 164 g/mol. The highest BCUT2D eigenvalue weighted by Crippen LogP contribution is 2.03. The second-order valence-corrected chi connectivity index (χ2v) is 1.99. The minimum absolute atomic E-state index is 0.0237. The van der Waals surface area contributed by atoms with E-state index in [1.54, 1.807) is 12.4 Å². The lowest BCUT2D eigenvalue weighted by Gasteiger charge is -1.98. The maximum Gasteiger partial charge on any atom is 0.340 e. The highest BCUT2D eigenvalue weighted by molar-refractivity contribution is 5.96. The summed E-state index contributed by atoms with van der Waals surface area (Å²) in [6.45, 7) is 0. The molecule has 4 heteroatoms. The van der Waals surface area contributed by atoms with Crippen molar-refractivity contribution >= 4 is 12.3 Å². The zero-order valence-corrected chi connectivity index (χ0v) is 6.40. The number of pyridine rings is 1. The largest absolute Gasteiger partial charge is 0.465 e. The van der Waals surface area contributed by atoms with E-state index in [1.807, 2.05) is 0 Å². The van der Waals surface area contributed by atoms with Crippen LogP contribution in [0.5, 0.6) is 0 Å². The number of ether oxygens (including phenoxy) is 1. The molecule has 0 spiro atoms. The topological polar surface area (TPSA) is 56.3 Å². The second kappa shape index (κ2) is 3.61. The predicted octanol–water partition coefficient (Wildman–Crippen LogP) is 0.326. The molecule has 0 aliphatic heterocycles. The second-order valence-electron chi connectivity index (χ2n) is 1.99. The fourth-order valence-electron chi connectivity index (χ4n) is 0.761. The van der Waals surface area contributed by atoms with Crippen molar-refractivity contribution in [1.82, 2.24) is 4.98 Å². The van der Waals surface area contributed by atoms with Gasteiger partial charge in [-0.15, -0.1) is 0 Å². The molecule has 1 heterocycles.